The van der Waals surface area contributed by atoms with Crippen molar-refractivity contribution in [3.8, 4) is 0 Å². The standard InChI is InChI=1S/2C26H23Cl2N3O.C26H25ClN3O2/c27-20-2-4-21-19(16-20)1-3-22-23(28)7-12-30-26(22)25(21)18-8-13-31(14-9-18)24(32)15-17-5-10-29-11-6-17;27-21-4-5-22-20(16-21)2-1-19-3-6-23(28)30-26(19)25(22)18-9-13-31(14-10-18)24(32)15-17-7-11-29-12-8-17;27-22-5-6-23-21(17-22)4-3-20-2-1-13-30(32)26(20)25(23)19-9-14-29(15-10-19)24(31)16-18-7-11-28-12-8-18/h2,4-7,10-12,16H,1,3,8-9,13-15H2;3-8,11-12,16H,1-2,9-10,13-15H2;1-2,5-8,11-13,17,32H,3-4,9-10,14-16H2/q;;+1. The molecule has 13 nitrogen and oxygen atoms in total. The number of carbonyl (C=O) groups is 3. The molecule has 15 rings (SSSR count). The van der Waals surface area contributed by atoms with Crippen LogP contribution < -0.4 is 4.73 Å². The zero-order valence-corrected chi connectivity index (χ0v) is 56.9. The van der Waals surface area contributed by atoms with Crippen LogP contribution in [0.4, 0.5) is 0 Å². The second kappa shape index (κ2) is 30.2. The van der Waals surface area contributed by atoms with Gasteiger partial charge in [-0.05, 0) is 229 Å². The number of hydrogen-bond donors (Lipinski definition) is 1. The molecule has 3 amide bonds. The number of pyridine rings is 6. The van der Waals surface area contributed by atoms with Crippen LogP contribution in [-0.4, -0.2) is 102 Å². The van der Waals surface area contributed by atoms with Crippen molar-refractivity contribution in [3.05, 3.63) is 297 Å². The van der Waals surface area contributed by atoms with Gasteiger partial charge in [0.25, 0.3) is 5.69 Å². The van der Waals surface area contributed by atoms with Gasteiger partial charge in [0, 0.05) is 130 Å². The number of carbonyl (C=O) groups excluding carboxylic acids is 3. The fraction of sp³-hybridized carbons (Fsp3) is 0.269. The monoisotopic (exact) mass is 1370 g/mol. The van der Waals surface area contributed by atoms with Gasteiger partial charge in [-0.15, -0.1) is 0 Å². The number of piperidine rings is 3. The van der Waals surface area contributed by atoms with Gasteiger partial charge in [0.05, 0.1) is 36.2 Å². The molecule has 96 heavy (non-hydrogen) atoms. The first-order chi connectivity index (χ1) is 46.8. The van der Waals surface area contributed by atoms with E-state index < -0.39 is 0 Å². The van der Waals surface area contributed by atoms with Crippen LogP contribution in [0, 0.1) is 0 Å². The van der Waals surface area contributed by atoms with Crippen LogP contribution in [0.2, 0.25) is 25.2 Å². The lowest BCUT2D eigenvalue weighted by molar-refractivity contribution is -0.906. The minimum Gasteiger partial charge on any atom is -0.342 e. The molecule has 486 valence electrons. The van der Waals surface area contributed by atoms with Gasteiger partial charge in [-0.3, -0.25) is 39.5 Å². The van der Waals surface area contributed by atoms with Gasteiger partial charge < -0.3 is 14.7 Å². The van der Waals surface area contributed by atoms with Crippen LogP contribution >= 0.6 is 58.0 Å². The normalized spacial score (nSPS) is 15.7. The third kappa shape index (κ3) is 15.2. The summed E-state index contributed by atoms with van der Waals surface area (Å²) in [5.74, 6) is 0.468. The van der Waals surface area contributed by atoms with Gasteiger partial charge in [-0.2, -0.15) is 0 Å². The Balaban J connectivity index is 0.000000130. The van der Waals surface area contributed by atoms with E-state index in [1.165, 1.54) is 66.0 Å². The average Bonchev–Trinajstić information content (AvgIpc) is 1.51. The van der Waals surface area contributed by atoms with Crippen LogP contribution in [0.3, 0.4) is 0 Å². The van der Waals surface area contributed by atoms with Gasteiger partial charge in [0.1, 0.15) is 5.15 Å². The molecule has 0 bridgehead atoms. The molecule has 0 saturated carbocycles. The van der Waals surface area contributed by atoms with Crippen molar-refractivity contribution >= 4 is 92.4 Å². The van der Waals surface area contributed by atoms with E-state index >= 15 is 0 Å². The predicted octanol–water partition coefficient (Wildman–Crippen LogP) is 15.1. The number of nitrogens with zero attached hydrogens (tertiary/aromatic N) is 9. The molecule has 18 heteroatoms. The summed E-state index contributed by atoms with van der Waals surface area (Å²) in [6, 6.07) is 39.4. The number of hydrogen-bond acceptors (Lipinski definition) is 9. The average molecular weight is 1380 g/mol. The van der Waals surface area contributed by atoms with E-state index in [2.05, 4.69) is 57.4 Å². The van der Waals surface area contributed by atoms with Crippen LogP contribution in [-0.2, 0) is 72.2 Å². The number of benzene rings is 3. The first-order valence-corrected chi connectivity index (χ1v) is 34.7. The van der Waals surface area contributed by atoms with E-state index in [1.54, 1.807) is 49.6 Å². The fourth-order valence-corrected chi connectivity index (χ4v) is 15.3. The van der Waals surface area contributed by atoms with E-state index in [1.807, 2.05) is 93.6 Å². The Morgan fingerprint density at radius 3 is 1.26 bits per heavy atom. The molecule has 6 aliphatic rings. The van der Waals surface area contributed by atoms with Crippen LogP contribution in [0.25, 0.3) is 16.7 Å². The number of amides is 3. The van der Waals surface area contributed by atoms with Crippen LogP contribution in [0.5, 0.6) is 0 Å². The molecule has 9 heterocycles. The smallest absolute Gasteiger partial charge is 0.268 e. The Kier molecular flexibility index (Phi) is 20.8. The van der Waals surface area contributed by atoms with Gasteiger partial charge in [0.15, 0.2) is 0 Å². The number of rotatable bonds is 6. The fourth-order valence-electron chi connectivity index (χ4n) is 14.3. The molecule has 3 aromatic carbocycles. The summed E-state index contributed by atoms with van der Waals surface area (Å²) >= 11 is 31.9. The number of likely N-dealkylation sites (tertiary alicyclic amines) is 3. The van der Waals surface area contributed by atoms with Crippen LogP contribution in [0.1, 0.15) is 122 Å². The highest BCUT2D eigenvalue weighted by Crippen LogP contribution is 2.43. The molecule has 0 radical (unpaired) electrons. The molecule has 3 aliphatic heterocycles. The minimum absolute atomic E-state index is 0.144. The maximum Gasteiger partial charge on any atom is 0.268 e. The van der Waals surface area contributed by atoms with Crippen molar-refractivity contribution < 1.29 is 24.3 Å². The van der Waals surface area contributed by atoms with Gasteiger partial charge in [-0.25, -0.2) is 4.98 Å². The Hall–Kier alpha value is -8.56. The molecule has 6 aromatic heterocycles. The van der Waals surface area contributed by atoms with Crippen molar-refractivity contribution in [2.45, 2.75) is 96.3 Å². The Labute approximate surface area is 584 Å². The van der Waals surface area contributed by atoms with Gasteiger partial charge in [0.2, 0.25) is 23.9 Å². The third-order valence-corrected chi connectivity index (χ3v) is 20.5. The minimum atomic E-state index is 0.144. The number of fused-ring (bicyclic) bond motifs is 6. The van der Waals surface area contributed by atoms with E-state index in [0.29, 0.717) is 63.7 Å². The van der Waals surface area contributed by atoms with Crippen LogP contribution in [0.15, 0.2) is 188 Å². The summed E-state index contributed by atoms with van der Waals surface area (Å²) < 4.78 is 1.25. The summed E-state index contributed by atoms with van der Waals surface area (Å²) in [5.41, 5.74) is 23.8. The van der Waals surface area contributed by atoms with Crippen molar-refractivity contribution in [3.63, 3.8) is 0 Å². The molecule has 3 saturated heterocycles. The van der Waals surface area contributed by atoms with Crippen molar-refractivity contribution in [1.82, 2.24) is 39.6 Å². The first kappa shape index (κ1) is 66.1. The van der Waals surface area contributed by atoms with E-state index in [0.717, 1.165) is 153 Å². The van der Waals surface area contributed by atoms with Gasteiger partial charge >= 0.3 is 0 Å². The van der Waals surface area contributed by atoms with Crippen molar-refractivity contribution in [1.29, 1.82) is 0 Å². The topological polar surface area (TPSA) is 149 Å². The maximum atomic E-state index is 12.8. The highest BCUT2D eigenvalue weighted by atomic mass is 35.5. The molecule has 3 fully saturated rings. The number of aryl methyl sites for hydroxylation is 5. The molecular formula is C78H71Cl5N9O4+. The molecule has 0 spiro atoms. The predicted molar refractivity (Wildman–Crippen MR) is 378 cm³/mol. The number of halogens is 5. The Morgan fingerprint density at radius 2 is 0.802 bits per heavy atom. The van der Waals surface area contributed by atoms with E-state index in [4.69, 9.17) is 68.0 Å². The summed E-state index contributed by atoms with van der Waals surface area (Å²) in [4.78, 5) is 66.0. The third-order valence-electron chi connectivity index (χ3n) is 19.2. The Morgan fingerprint density at radius 1 is 0.406 bits per heavy atom. The molecule has 3 aliphatic carbocycles. The highest BCUT2D eigenvalue weighted by Gasteiger charge is 2.34. The Bertz CT molecular complexity index is 4400. The lowest BCUT2D eigenvalue weighted by Gasteiger charge is -2.30. The first-order valence-electron chi connectivity index (χ1n) is 32.8. The SMILES string of the molecule is O=C(Cc1ccncc1)N1CCC(=C2c3ccc(Cl)cc3CCc3c(Cl)ccnc32)CC1.O=C(Cc1ccncc1)N1CCC(=C2c3ccc(Cl)cc3CCc3ccc(Cl)nc32)CC1.O=C(Cc1ccncc1)N1CCC(=C2c3ccc(Cl)cc3CCc3ccc[n+](O)c32)CC1. The summed E-state index contributed by atoms with van der Waals surface area (Å²) in [6.07, 6.45) is 25.2. The lowest BCUT2D eigenvalue weighted by atomic mass is 9.88. The molecule has 9 aromatic rings. The summed E-state index contributed by atoms with van der Waals surface area (Å²) in [7, 11) is 0. The van der Waals surface area contributed by atoms with E-state index in [9.17, 15) is 19.6 Å². The molecule has 0 atom stereocenters. The van der Waals surface area contributed by atoms with E-state index in [-0.39, 0.29) is 17.7 Å². The zero-order valence-electron chi connectivity index (χ0n) is 53.1. The van der Waals surface area contributed by atoms with Gasteiger partial charge in [-0.1, -0.05) is 99.0 Å². The largest absolute Gasteiger partial charge is 0.342 e. The van der Waals surface area contributed by atoms with Crippen molar-refractivity contribution in [2.75, 3.05) is 39.3 Å². The quantitative estimate of drug-likeness (QED) is 0.0975. The number of aromatic nitrogens is 6. The molecule has 1 N–H and O–H groups in total. The summed E-state index contributed by atoms with van der Waals surface area (Å²) in [6.45, 7) is 4.20. The molecule has 0 unspecified atom stereocenters. The summed E-state index contributed by atoms with van der Waals surface area (Å²) in [5, 5.41) is 14.2. The zero-order chi connectivity index (χ0) is 66.2. The molecular weight excluding hydrogens is 1300 g/mol. The maximum absolute atomic E-state index is 12.8. The van der Waals surface area contributed by atoms with Crippen molar-refractivity contribution in [2.24, 2.45) is 0 Å². The second-order valence-electron chi connectivity index (χ2n) is 25.1. The lowest BCUT2D eigenvalue weighted by Crippen LogP contribution is -2.39. The second-order valence-corrected chi connectivity index (χ2v) is 27.2. The highest BCUT2D eigenvalue weighted by molar-refractivity contribution is 6.32.